The van der Waals surface area contributed by atoms with Gasteiger partial charge in [-0.1, -0.05) is 49.6 Å². The highest BCUT2D eigenvalue weighted by Crippen LogP contribution is 2.26. The predicted octanol–water partition coefficient (Wildman–Crippen LogP) is 2.53. The minimum absolute atomic E-state index is 0.0259. The Morgan fingerprint density at radius 1 is 1.07 bits per heavy atom. The third-order valence-corrected chi connectivity index (χ3v) is 6.02. The van der Waals surface area contributed by atoms with Gasteiger partial charge in [0.05, 0.1) is 18.4 Å². The zero-order chi connectivity index (χ0) is 19.1. The molecule has 3 rings (SSSR count). The summed E-state index contributed by atoms with van der Waals surface area (Å²) in [5.74, 6) is 0.203. The van der Waals surface area contributed by atoms with E-state index >= 15 is 0 Å². The zero-order valence-electron chi connectivity index (χ0n) is 16.1. The molecule has 2 unspecified atom stereocenters. The van der Waals surface area contributed by atoms with E-state index in [1.165, 1.54) is 19.3 Å². The second kappa shape index (κ2) is 9.88. The first-order chi connectivity index (χ1) is 13.1. The highest BCUT2D eigenvalue weighted by molar-refractivity contribution is 5.82. The average Bonchev–Trinajstić information content (AvgIpc) is 2.73. The number of carbonyl (C=O) groups is 2. The normalized spacial score (nSPS) is 22.3. The SMILES string of the molecule is O=C(NCC(O)C1CCCCC1)C1CCCN(C(=O)Cc2ccccc2)C1. The van der Waals surface area contributed by atoms with Gasteiger partial charge >= 0.3 is 0 Å². The van der Waals surface area contributed by atoms with Gasteiger partial charge in [0.15, 0.2) is 0 Å². The Hall–Kier alpha value is -1.88. The molecule has 2 atom stereocenters. The molecule has 1 aromatic carbocycles. The standard InChI is InChI=1S/C22H32N2O3/c25-20(18-10-5-2-6-11-18)15-23-22(27)19-12-7-13-24(16-19)21(26)14-17-8-3-1-4-9-17/h1,3-4,8-9,18-20,25H,2,5-7,10-16H2,(H,23,27). The van der Waals surface area contributed by atoms with E-state index in [0.717, 1.165) is 37.8 Å². The summed E-state index contributed by atoms with van der Waals surface area (Å²) in [4.78, 5) is 26.9. The largest absolute Gasteiger partial charge is 0.391 e. The molecule has 1 heterocycles. The van der Waals surface area contributed by atoms with Crippen molar-refractivity contribution in [1.82, 2.24) is 10.2 Å². The van der Waals surface area contributed by atoms with Crippen LogP contribution in [0.1, 0.15) is 50.5 Å². The van der Waals surface area contributed by atoms with Crippen LogP contribution in [0.2, 0.25) is 0 Å². The fraction of sp³-hybridized carbons (Fsp3) is 0.636. The lowest BCUT2D eigenvalue weighted by atomic mass is 9.85. The van der Waals surface area contributed by atoms with E-state index in [9.17, 15) is 14.7 Å². The molecule has 148 valence electrons. The Bertz CT molecular complexity index is 613. The topological polar surface area (TPSA) is 69.6 Å². The second-order valence-corrected chi connectivity index (χ2v) is 8.05. The van der Waals surface area contributed by atoms with Gasteiger partial charge < -0.3 is 15.3 Å². The summed E-state index contributed by atoms with van der Waals surface area (Å²) in [7, 11) is 0. The first-order valence-corrected chi connectivity index (χ1v) is 10.4. The number of piperidine rings is 1. The van der Waals surface area contributed by atoms with E-state index < -0.39 is 6.10 Å². The number of hydrogen-bond donors (Lipinski definition) is 2. The van der Waals surface area contributed by atoms with Gasteiger partial charge in [0.25, 0.3) is 0 Å². The molecule has 1 saturated heterocycles. The summed E-state index contributed by atoms with van der Waals surface area (Å²) in [6.07, 6.45) is 7.32. The Balaban J connectivity index is 1.45. The summed E-state index contributed by atoms with van der Waals surface area (Å²) in [6, 6.07) is 9.73. The molecule has 1 aliphatic heterocycles. The van der Waals surface area contributed by atoms with Crippen LogP contribution in [0.5, 0.6) is 0 Å². The summed E-state index contributed by atoms with van der Waals surface area (Å²) < 4.78 is 0. The van der Waals surface area contributed by atoms with Crippen molar-refractivity contribution in [2.75, 3.05) is 19.6 Å². The van der Waals surface area contributed by atoms with Gasteiger partial charge in [0.2, 0.25) is 11.8 Å². The number of aliphatic hydroxyl groups is 1. The maximum atomic E-state index is 12.6. The number of nitrogens with one attached hydrogen (secondary N) is 1. The fourth-order valence-electron chi connectivity index (χ4n) is 4.34. The number of amides is 2. The van der Waals surface area contributed by atoms with Crippen molar-refractivity contribution >= 4 is 11.8 Å². The van der Waals surface area contributed by atoms with Gasteiger partial charge in [-0.2, -0.15) is 0 Å². The highest BCUT2D eigenvalue weighted by atomic mass is 16.3. The molecule has 1 saturated carbocycles. The monoisotopic (exact) mass is 372 g/mol. The summed E-state index contributed by atoms with van der Waals surface area (Å²) in [5, 5.41) is 13.3. The minimum atomic E-state index is -0.450. The Morgan fingerprint density at radius 3 is 2.56 bits per heavy atom. The number of hydrogen-bond acceptors (Lipinski definition) is 3. The van der Waals surface area contributed by atoms with Crippen LogP contribution < -0.4 is 5.32 Å². The lowest BCUT2D eigenvalue weighted by molar-refractivity contribution is -0.135. The Morgan fingerprint density at radius 2 is 1.81 bits per heavy atom. The summed E-state index contributed by atoms with van der Waals surface area (Å²) in [6.45, 7) is 1.54. The van der Waals surface area contributed by atoms with Crippen LogP contribution in [0.4, 0.5) is 0 Å². The number of likely N-dealkylation sites (tertiary alicyclic amines) is 1. The van der Waals surface area contributed by atoms with Crippen molar-refractivity contribution in [3.05, 3.63) is 35.9 Å². The first kappa shape index (κ1) is 19.9. The van der Waals surface area contributed by atoms with Crippen LogP contribution >= 0.6 is 0 Å². The molecule has 0 spiro atoms. The Labute approximate surface area is 162 Å². The molecule has 2 aliphatic rings. The minimum Gasteiger partial charge on any atom is -0.391 e. The molecule has 0 aromatic heterocycles. The van der Waals surface area contributed by atoms with Gasteiger partial charge in [0.1, 0.15) is 0 Å². The molecule has 1 aliphatic carbocycles. The smallest absolute Gasteiger partial charge is 0.227 e. The number of rotatable bonds is 6. The highest BCUT2D eigenvalue weighted by Gasteiger charge is 2.29. The van der Waals surface area contributed by atoms with E-state index in [2.05, 4.69) is 5.32 Å². The first-order valence-electron chi connectivity index (χ1n) is 10.4. The number of aliphatic hydroxyl groups excluding tert-OH is 1. The van der Waals surface area contributed by atoms with Crippen molar-refractivity contribution in [1.29, 1.82) is 0 Å². The molecule has 1 aromatic rings. The molecule has 2 N–H and O–H groups in total. The van der Waals surface area contributed by atoms with Crippen molar-refractivity contribution in [3.8, 4) is 0 Å². The van der Waals surface area contributed by atoms with Crippen molar-refractivity contribution in [2.45, 2.75) is 57.5 Å². The van der Waals surface area contributed by atoms with Crippen LogP contribution in [0.15, 0.2) is 30.3 Å². The van der Waals surface area contributed by atoms with Crippen molar-refractivity contribution in [2.24, 2.45) is 11.8 Å². The van der Waals surface area contributed by atoms with E-state index in [0.29, 0.717) is 25.4 Å². The fourth-order valence-corrected chi connectivity index (χ4v) is 4.34. The van der Waals surface area contributed by atoms with Crippen molar-refractivity contribution in [3.63, 3.8) is 0 Å². The molecule has 0 bridgehead atoms. The van der Waals surface area contributed by atoms with Gasteiger partial charge in [-0.05, 0) is 37.2 Å². The maximum absolute atomic E-state index is 12.6. The molecular formula is C22H32N2O3. The van der Waals surface area contributed by atoms with Gasteiger partial charge in [-0.25, -0.2) is 0 Å². The number of benzene rings is 1. The summed E-state index contributed by atoms with van der Waals surface area (Å²) >= 11 is 0. The van der Waals surface area contributed by atoms with E-state index in [1.54, 1.807) is 0 Å². The van der Waals surface area contributed by atoms with Crippen molar-refractivity contribution < 1.29 is 14.7 Å². The lowest BCUT2D eigenvalue weighted by Crippen LogP contribution is -2.47. The van der Waals surface area contributed by atoms with Crippen LogP contribution in [0, 0.1) is 11.8 Å². The average molecular weight is 373 g/mol. The second-order valence-electron chi connectivity index (χ2n) is 8.05. The molecule has 27 heavy (non-hydrogen) atoms. The third kappa shape index (κ3) is 5.80. The van der Waals surface area contributed by atoms with E-state index in [4.69, 9.17) is 0 Å². The molecule has 0 radical (unpaired) electrons. The van der Waals surface area contributed by atoms with Gasteiger partial charge in [0, 0.05) is 19.6 Å². The third-order valence-electron chi connectivity index (χ3n) is 6.02. The van der Waals surface area contributed by atoms with Gasteiger partial charge in [-0.3, -0.25) is 9.59 Å². The molecular weight excluding hydrogens is 340 g/mol. The summed E-state index contributed by atoms with van der Waals surface area (Å²) in [5.41, 5.74) is 1.00. The molecule has 5 heteroatoms. The zero-order valence-corrected chi connectivity index (χ0v) is 16.1. The van der Waals surface area contributed by atoms with Crippen LogP contribution in [-0.2, 0) is 16.0 Å². The maximum Gasteiger partial charge on any atom is 0.227 e. The van der Waals surface area contributed by atoms with E-state index in [-0.39, 0.29) is 17.7 Å². The quantitative estimate of drug-likeness (QED) is 0.806. The van der Waals surface area contributed by atoms with Crippen LogP contribution in [0.3, 0.4) is 0 Å². The molecule has 5 nitrogen and oxygen atoms in total. The molecule has 2 amide bonds. The van der Waals surface area contributed by atoms with Gasteiger partial charge in [-0.15, -0.1) is 0 Å². The predicted molar refractivity (Wildman–Crippen MR) is 105 cm³/mol. The number of carbonyl (C=O) groups excluding carboxylic acids is 2. The van der Waals surface area contributed by atoms with E-state index in [1.807, 2.05) is 35.2 Å². The van der Waals surface area contributed by atoms with Crippen LogP contribution in [-0.4, -0.2) is 47.6 Å². The molecule has 2 fully saturated rings. The number of nitrogens with zero attached hydrogens (tertiary/aromatic N) is 1. The van der Waals surface area contributed by atoms with Crippen LogP contribution in [0.25, 0.3) is 0 Å². The Kier molecular flexibility index (Phi) is 7.27. The lowest BCUT2D eigenvalue weighted by Gasteiger charge is -2.33.